The van der Waals surface area contributed by atoms with Crippen molar-refractivity contribution < 1.29 is 4.74 Å². The molecular weight excluding hydrogens is 200 g/mol. The van der Waals surface area contributed by atoms with Crippen molar-refractivity contribution >= 4 is 0 Å². The van der Waals surface area contributed by atoms with Crippen molar-refractivity contribution in [2.24, 2.45) is 0 Å². The van der Waals surface area contributed by atoms with Gasteiger partial charge in [0.1, 0.15) is 0 Å². The van der Waals surface area contributed by atoms with Crippen LogP contribution in [0.2, 0.25) is 0 Å². The van der Waals surface area contributed by atoms with Gasteiger partial charge in [0, 0.05) is 32.3 Å². The van der Waals surface area contributed by atoms with Gasteiger partial charge in [-0.1, -0.05) is 6.92 Å². The molecule has 1 aliphatic rings. The molecule has 1 aliphatic heterocycles. The van der Waals surface area contributed by atoms with Gasteiger partial charge in [-0.25, -0.2) is 0 Å². The van der Waals surface area contributed by atoms with Crippen LogP contribution in [0.25, 0.3) is 0 Å². The summed E-state index contributed by atoms with van der Waals surface area (Å²) in [4.78, 5) is 2.67. The van der Waals surface area contributed by atoms with Crippen LogP contribution in [0, 0.1) is 0 Å². The normalized spacial score (nSPS) is 23.8. The number of likely N-dealkylation sites (tertiary alicyclic amines) is 1. The Bertz CT molecular complexity index is 175. The molecule has 0 radical (unpaired) electrons. The Morgan fingerprint density at radius 3 is 3.00 bits per heavy atom. The number of nitrogens with one attached hydrogen (secondary N) is 1. The summed E-state index contributed by atoms with van der Waals surface area (Å²) in [6, 6.07) is 1.51. The zero-order valence-corrected chi connectivity index (χ0v) is 11.2. The first-order chi connectivity index (χ1) is 7.79. The van der Waals surface area contributed by atoms with Crippen LogP contribution < -0.4 is 5.32 Å². The van der Waals surface area contributed by atoms with Crippen molar-refractivity contribution in [3.05, 3.63) is 0 Å². The highest BCUT2D eigenvalue weighted by atomic mass is 16.5. The zero-order chi connectivity index (χ0) is 11.8. The number of rotatable bonds is 8. The summed E-state index contributed by atoms with van der Waals surface area (Å²) in [5.41, 5.74) is 0. The fourth-order valence-electron chi connectivity index (χ4n) is 2.65. The quantitative estimate of drug-likeness (QED) is 0.642. The van der Waals surface area contributed by atoms with Crippen LogP contribution >= 0.6 is 0 Å². The molecule has 0 bridgehead atoms. The average Bonchev–Trinajstić information content (AvgIpc) is 2.76. The molecular formula is C13H28N2O. The maximum atomic E-state index is 5.03. The topological polar surface area (TPSA) is 24.5 Å². The van der Waals surface area contributed by atoms with E-state index in [0.29, 0.717) is 6.04 Å². The van der Waals surface area contributed by atoms with Crippen LogP contribution in [0.4, 0.5) is 0 Å². The predicted molar refractivity (Wildman–Crippen MR) is 68.8 cm³/mol. The lowest BCUT2D eigenvalue weighted by Gasteiger charge is -2.30. The predicted octanol–water partition coefficient (Wildman–Crippen LogP) is 1.88. The molecule has 96 valence electrons. The number of hydrogen-bond acceptors (Lipinski definition) is 3. The number of methoxy groups -OCH3 is 1. The molecule has 0 amide bonds. The van der Waals surface area contributed by atoms with E-state index >= 15 is 0 Å². The SMILES string of the molecule is CCC1CCCN1C(C)CNCCCOC. The molecule has 3 nitrogen and oxygen atoms in total. The van der Waals surface area contributed by atoms with Gasteiger partial charge in [0.05, 0.1) is 0 Å². The molecule has 0 aliphatic carbocycles. The first-order valence-corrected chi connectivity index (χ1v) is 6.75. The minimum atomic E-state index is 0.676. The van der Waals surface area contributed by atoms with Gasteiger partial charge in [-0.15, -0.1) is 0 Å². The van der Waals surface area contributed by atoms with Crippen molar-refractivity contribution in [3.8, 4) is 0 Å². The highest BCUT2D eigenvalue weighted by molar-refractivity contribution is 4.82. The van der Waals surface area contributed by atoms with E-state index in [-0.39, 0.29) is 0 Å². The van der Waals surface area contributed by atoms with E-state index in [4.69, 9.17) is 4.74 Å². The van der Waals surface area contributed by atoms with Gasteiger partial charge in [0.2, 0.25) is 0 Å². The van der Waals surface area contributed by atoms with Crippen molar-refractivity contribution in [1.29, 1.82) is 0 Å². The lowest BCUT2D eigenvalue weighted by molar-refractivity contribution is 0.177. The Morgan fingerprint density at radius 2 is 2.31 bits per heavy atom. The van der Waals surface area contributed by atoms with Crippen molar-refractivity contribution in [2.75, 3.05) is 33.4 Å². The molecule has 0 aromatic heterocycles. The first kappa shape index (κ1) is 13.9. The molecule has 2 atom stereocenters. The molecule has 0 aromatic rings. The van der Waals surface area contributed by atoms with Gasteiger partial charge in [0.15, 0.2) is 0 Å². The van der Waals surface area contributed by atoms with E-state index in [0.717, 1.165) is 32.2 Å². The van der Waals surface area contributed by atoms with Crippen molar-refractivity contribution in [1.82, 2.24) is 10.2 Å². The highest BCUT2D eigenvalue weighted by Crippen LogP contribution is 2.21. The fraction of sp³-hybridized carbons (Fsp3) is 1.00. The molecule has 0 aromatic carbocycles. The standard InChI is InChI=1S/C13H28N2O/c1-4-13-7-5-9-15(13)12(2)11-14-8-6-10-16-3/h12-14H,4-11H2,1-3H3. The van der Waals surface area contributed by atoms with Crippen LogP contribution in [-0.2, 0) is 4.74 Å². The summed E-state index contributed by atoms with van der Waals surface area (Å²) in [6.45, 7) is 8.99. The van der Waals surface area contributed by atoms with Gasteiger partial charge in [-0.2, -0.15) is 0 Å². The average molecular weight is 228 g/mol. The largest absolute Gasteiger partial charge is 0.385 e. The number of nitrogens with zero attached hydrogens (tertiary/aromatic N) is 1. The molecule has 1 rings (SSSR count). The van der Waals surface area contributed by atoms with Gasteiger partial charge in [-0.3, -0.25) is 4.90 Å². The fourth-order valence-corrected chi connectivity index (χ4v) is 2.65. The Labute approximate surface area is 101 Å². The van der Waals surface area contributed by atoms with Crippen LogP contribution in [-0.4, -0.2) is 50.3 Å². The maximum Gasteiger partial charge on any atom is 0.0474 e. The summed E-state index contributed by atoms with van der Waals surface area (Å²) in [5.74, 6) is 0. The lowest BCUT2D eigenvalue weighted by Crippen LogP contribution is -2.43. The third-order valence-corrected chi connectivity index (χ3v) is 3.60. The number of ether oxygens (including phenoxy) is 1. The summed E-state index contributed by atoms with van der Waals surface area (Å²) in [7, 11) is 1.76. The molecule has 1 heterocycles. The Balaban J connectivity index is 2.11. The lowest BCUT2D eigenvalue weighted by atomic mass is 10.1. The van der Waals surface area contributed by atoms with E-state index in [1.54, 1.807) is 7.11 Å². The molecule has 1 N–H and O–H groups in total. The monoisotopic (exact) mass is 228 g/mol. The van der Waals surface area contributed by atoms with Crippen LogP contribution in [0.5, 0.6) is 0 Å². The smallest absolute Gasteiger partial charge is 0.0474 e. The highest BCUT2D eigenvalue weighted by Gasteiger charge is 2.26. The third kappa shape index (κ3) is 4.40. The molecule has 0 saturated carbocycles. The van der Waals surface area contributed by atoms with Gasteiger partial charge >= 0.3 is 0 Å². The minimum absolute atomic E-state index is 0.676. The van der Waals surface area contributed by atoms with E-state index < -0.39 is 0 Å². The van der Waals surface area contributed by atoms with Gasteiger partial charge in [-0.05, 0) is 45.7 Å². The summed E-state index contributed by atoms with van der Waals surface area (Å²) < 4.78 is 5.03. The Morgan fingerprint density at radius 1 is 1.50 bits per heavy atom. The van der Waals surface area contributed by atoms with E-state index in [1.807, 2.05) is 0 Å². The third-order valence-electron chi connectivity index (χ3n) is 3.60. The molecule has 1 fully saturated rings. The second kappa shape index (κ2) is 8.04. The summed E-state index contributed by atoms with van der Waals surface area (Å²) in [6.07, 6.45) is 5.19. The van der Waals surface area contributed by atoms with Crippen molar-refractivity contribution in [3.63, 3.8) is 0 Å². The first-order valence-electron chi connectivity index (χ1n) is 6.75. The molecule has 0 spiro atoms. The second-order valence-corrected chi connectivity index (χ2v) is 4.84. The van der Waals surface area contributed by atoms with Crippen LogP contribution in [0.3, 0.4) is 0 Å². The zero-order valence-electron chi connectivity index (χ0n) is 11.2. The maximum absolute atomic E-state index is 5.03. The van der Waals surface area contributed by atoms with E-state index in [1.165, 1.54) is 25.8 Å². The molecule has 1 saturated heterocycles. The van der Waals surface area contributed by atoms with Crippen molar-refractivity contribution in [2.45, 2.75) is 51.6 Å². The molecule has 16 heavy (non-hydrogen) atoms. The van der Waals surface area contributed by atoms with Gasteiger partial charge in [0.25, 0.3) is 0 Å². The van der Waals surface area contributed by atoms with Gasteiger partial charge < -0.3 is 10.1 Å². The minimum Gasteiger partial charge on any atom is -0.385 e. The van der Waals surface area contributed by atoms with Crippen LogP contribution in [0.1, 0.15) is 39.5 Å². The van der Waals surface area contributed by atoms with E-state index in [9.17, 15) is 0 Å². The summed E-state index contributed by atoms with van der Waals surface area (Å²) >= 11 is 0. The van der Waals surface area contributed by atoms with Crippen LogP contribution in [0.15, 0.2) is 0 Å². The Kier molecular flexibility index (Phi) is 7.01. The molecule has 2 unspecified atom stereocenters. The van der Waals surface area contributed by atoms with E-state index in [2.05, 4.69) is 24.1 Å². The number of hydrogen-bond donors (Lipinski definition) is 1. The Hall–Kier alpha value is -0.120. The molecule has 3 heteroatoms. The summed E-state index contributed by atoms with van der Waals surface area (Å²) in [5, 5.41) is 3.52. The second-order valence-electron chi connectivity index (χ2n) is 4.84.